The van der Waals surface area contributed by atoms with Crippen LogP contribution >= 0.6 is 11.8 Å². The Labute approximate surface area is 204 Å². The SMILES string of the molecule is CCOC(=O)c1cccc(NC(=O)CN(c2ccc(C)cc2)S(=O)(=O)c2ccc(SC)cc2)c1. The zero-order valence-corrected chi connectivity index (χ0v) is 20.8. The van der Waals surface area contributed by atoms with Crippen molar-refractivity contribution < 1.29 is 22.7 Å². The van der Waals surface area contributed by atoms with Crippen LogP contribution in [0.5, 0.6) is 0 Å². The minimum atomic E-state index is -4.02. The minimum absolute atomic E-state index is 0.0861. The van der Waals surface area contributed by atoms with E-state index in [9.17, 15) is 18.0 Å². The number of aryl methyl sites for hydroxylation is 1. The van der Waals surface area contributed by atoms with Crippen molar-refractivity contribution in [1.82, 2.24) is 0 Å². The van der Waals surface area contributed by atoms with Gasteiger partial charge in [-0.2, -0.15) is 0 Å². The van der Waals surface area contributed by atoms with Crippen LogP contribution in [0.2, 0.25) is 0 Å². The zero-order valence-electron chi connectivity index (χ0n) is 19.1. The Morgan fingerprint density at radius 1 is 1.00 bits per heavy atom. The second kappa shape index (κ2) is 11.2. The van der Waals surface area contributed by atoms with Crippen molar-refractivity contribution in [3.8, 4) is 0 Å². The van der Waals surface area contributed by atoms with Crippen LogP contribution in [0.1, 0.15) is 22.8 Å². The molecule has 0 fully saturated rings. The quantitative estimate of drug-likeness (QED) is 0.339. The van der Waals surface area contributed by atoms with E-state index in [1.165, 1.54) is 30.0 Å². The van der Waals surface area contributed by atoms with Gasteiger partial charge in [0.15, 0.2) is 0 Å². The van der Waals surface area contributed by atoms with Crippen LogP contribution in [-0.2, 0) is 19.6 Å². The number of thioether (sulfide) groups is 1. The summed E-state index contributed by atoms with van der Waals surface area (Å²) in [5.74, 6) is -1.05. The highest BCUT2D eigenvalue weighted by molar-refractivity contribution is 7.98. The number of esters is 1. The molecule has 0 saturated carbocycles. The van der Waals surface area contributed by atoms with Crippen LogP contribution in [0, 0.1) is 6.92 Å². The summed E-state index contributed by atoms with van der Waals surface area (Å²) in [7, 11) is -4.02. The average molecular weight is 499 g/mol. The first kappa shape index (κ1) is 25.3. The largest absolute Gasteiger partial charge is 0.462 e. The van der Waals surface area contributed by atoms with E-state index in [-0.39, 0.29) is 17.1 Å². The fourth-order valence-corrected chi connectivity index (χ4v) is 5.00. The number of anilines is 2. The molecule has 7 nitrogen and oxygen atoms in total. The number of nitrogens with zero attached hydrogens (tertiary/aromatic N) is 1. The third-order valence-electron chi connectivity index (χ3n) is 4.91. The summed E-state index contributed by atoms with van der Waals surface area (Å²) in [4.78, 5) is 25.9. The molecule has 9 heteroatoms. The van der Waals surface area contributed by atoms with Gasteiger partial charge in [0.25, 0.3) is 10.0 Å². The van der Waals surface area contributed by atoms with Gasteiger partial charge in [-0.15, -0.1) is 11.8 Å². The number of hydrogen-bond acceptors (Lipinski definition) is 6. The minimum Gasteiger partial charge on any atom is -0.462 e. The standard InChI is InChI=1S/C25H26N2O5S2/c1-4-32-25(29)19-6-5-7-20(16-19)26-24(28)17-27(21-10-8-18(2)9-11-21)34(30,31)23-14-12-22(33-3)13-15-23/h5-16H,4,17H2,1-3H3,(H,26,28). The molecule has 0 atom stereocenters. The molecule has 0 aliphatic carbocycles. The van der Waals surface area contributed by atoms with E-state index >= 15 is 0 Å². The number of carbonyl (C=O) groups excluding carboxylic acids is 2. The molecule has 0 spiro atoms. The molecule has 1 amide bonds. The average Bonchev–Trinajstić information content (AvgIpc) is 2.83. The van der Waals surface area contributed by atoms with Crippen LogP contribution < -0.4 is 9.62 Å². The molecule has 0 unspecified atom stereocenters. The first-order valence-corrected chi connectivity index (χ1v) is 13.2. The maximum absolute atomic E-state index is 13.5. The molecule has 0 aromatic heterocycles. The molecule has 0 heterocycles. The highest BCUT2D eigenvalue weighted by Crippen LogP contribution is 2.26. The molecular weight excluding hydrogens is 472 g/mol. The Hall–Kier alpha value is -3.30. The highest BCUT2D eigenvalue weighted by Gasteiger charge is 2.27. The second-order valence-corrected chi connectivity index (χ2v) is 10.1. The summed E-state index contributed by atoms with van der Waals surface area (Å²) >= 11 is 1.51. The Morgan fingerprint density at radius 3 is 2.29 bits per heavy atom. The van der Waals surface area contributed by atoms with Crippen LogP contribution in [0.4, 0.5) is 11.4 Å². The fraction of sp³-hybridized carbons (Fsp3) is 0.200. The van der Waals surface area contributed by atoms with Gasteiger partial charge in [0.2, 0.25) is 5.91 Å². The van der Waals surface area contributed by atoms with E-state index in [2.05, 4.69) is 5.32 Å². The Morgan fingerprint density at radius 2 is 1.68 bits per heavy atom. The normalized spacial score (nSPS) is 11.0. The highest BCUT2D eigenvalue weighted by atomic mass is 32.2. The number of nitrogens with one attached hydrogen (secondary N) is 1. The van der Waals surface area contributed by atoms with Crippen LogP contribution in [0.3, 0.4) is 0 Å². The topological polar surface area (TPSA) is 92.8 Å². The number of ether oxygens (including phenoxy) is 1. The third-order valence-corrected chi connectivity index (χ3v) is 7.45. The number of carbonyl (C=O) groups is 2. The zero-order chi connectivity index (χ0) is 24.7. The van der Waals surface area contributed by atoms with Crippen LogP contribution in [0.15, 0.2) is 82.6 Å². The van der Waals surface area contributed by atoms with Gasteiger partial charge in [-0.05, 0) is 74.7 Å². The second-order valence-electron chi connectivity index (χ2n) is 7.37. The Bertz CT molecular complexity index is 1260. The molecule has 34 heavy (non-hydrogen) atoms. The van der Waals surface area contributed by atoms with E-state index in [4.69, 9.17) is 4.74 Å². The predicted molar refractivity (Wildman–Crippen MR) is 135 cm³/mol. The summed E-state index contributed by atoms with van der Waals surface area (Å²) in [6.07, 6.45) is 1.91. The molecule has 3 rings (SSSR count). The van der Waals surface area contributed by atoms with Crippen molar-refractivity contribution in [3.05, 3.63) is 83.9 Å². The van der Waals surface area contributed by atoms with Gasteiger partial charge in [-0.3, -0.25) is 9.10 Å². The Balaban J connectivity index is 1.89. The number of amides is 1. The maximum Gasteiger partial charge on any atom is 0.338 e. The monoisotopic (exact) mass is 498 g/mol. The molecule has 0 saturated heterocycles. The van der Waals surface area contributed by atoms with Gasteiger partial charge in [0.1, 0.15) is 6.54 Å². The molecule has 0 radical (unpaired) electrons. The fourth-order valence-electron chi connectivity index (χ4n) is 3.17. The molecule has 1 N–H and O–H groups in total. The Kier molecular flexibility index (Phi) is 8.36. The summed E-state index contributed by atoms with van der Waals surface area (Å²) in [5.41, 5.74) is 1.98. The van der Waals surface area contributed by atoms with E-state index in [0.29, 0.717) is 11.4 Å². The summed E-state index contributed by atoms with van der Waals surface area (Å²) in [5, 5.41) is 2.68. The van der Waals surface area contributed by atoms with Crippen molar-refractivity contribution in [2.45, 2.75) is 23.6 Å². The molecule has 0 aliphatic heterocycles. The molecule has 3 aromatic rings. The van der Waals surface area contributed by atoms with Crippen LogP contribution in [0.25, 0.3) is 0 Å². The van der Waals surface area contributed by atoms with E-state index in [1.54, 1.807) is 61.5 Å². The van der Waals surface area contributed by atoms with E-state index < -0.39 is 28.4 Å². The molecule has 3 aromatic carbocycles. The van der Waals surface area contributed by atoms with Gasteiger partial charge in [0, 0.05) is 10.6 Å². The van der Waals surface area contributed by atoms with Crippen molar-refractivity contribution in [3.63, 3.8) is 0 Å². The molecule has 0 bridgehead atoms. The van der Waals surface area contributed by atoms with Crippen molar-refractivity contribution in [1.29, 1.82) is 0 Å². The van der Waals surface area contributed by atoms with Gasteiger partial charge < -0.3 is 10.1 Å². The van der Waals surface area contributed by atoms with Crippen molar-refractivity contribution >= 4 is 45.0 Å². The molecule has 178 valence electrons. The van der Waals surface area contributed by atoms with Gasteiger partial charge in [-0.25, -0.2) is 13.2 Å². The number of sulfonamides is 1. The lowest BCUT2D eigenvalue weighted by atomic mass is 10.2. The van der Waals surface area contributed by atoms with Gasteiger partial charge >= 0.3 is 5.97 Å². The summed E-state index contributed by atoms with van der Waals surface area (Å²) < 4.78 is 33.1. The van der Waals surface area contributed by atoms with Crippen molar-refractivity contribution in [2.75, 3.05) is 29.0 Å². The summed E-state index contributed by atoms with van der Waals surface area (Å²) in [6.45, 7) is 3.39. The smallest absolute Gasteiger partial charge is 0.338 e. The summed E-state index contributed by atoms with van der Waals surface area (Å²) in [6, 6.07) is 19.7. The van der Waals surface area contributed by atoms with Crippen LogP contribution in [-0.4, -0.2) is 39.7 Å². The number of hydrogen-bond donors (Lipinski definition) is 1. The number of benzene rings is 3. The van der Waals surface area contributed by atoms with Gasteiger partial charge in [-0.1, -0.05) is 23.8 Å². The van der Waals surface area contributed by atoms with Gasteiger partial charge in [0.05, 0.1) is 22.8 Å². The third kappa shape index (κ3) is 6.18. The first-order valence-electron chi connectivity index (χ1n) is 10.5. The lowest BCUT2D eigenvalue weighted by molar-refractivity contribution is -0.114. The molecule has 0 aliphatic rings. The van der Waals surface area contributed by atoms with E-state index in [0.717, 1.165) is 14.8 Å². The maximum atomic E-state index is 13.5. The predicted octanol–water partition coefficient (Wildman–Crippen LogP) is 4.73. The number of rotatable bonds is 9. The lowest BCUT2D eigenvalue weighted by Crippen LogP contribution is -2.38. The molecular formula is C25H26N2O5S2. The van der Waals surface area contributed by atoms with E-state index in [1.807, 2.05) is 13.2 Å². The first-order chi connectivity index (χ1) is 16.2. The lowest BCUT2D eigenvalue weighted by Gasteiger charge is -2.24. The van der Waals surface area contributed by atoms with Crippen molar-refractivity contribution in [2.24, 2.45) is 0 Å².